The molecule has 76 valence electrons. The zero-order valence-electron chi connectivity index (χ0n) is 8.09. The molecule has 0 fully saturated rings. The quantitative estimate of drug-likeness (QED) is 0.673. The Morgan fingerprint density at radius 3 is 2.93 bits per heavy atom. The Hall–Kier alpha value is -1.49. The number of rotatable bonds is 1. The van der Waals surface area contributed by atoms with Gasteiger partial charge in [-0.05, 0) is 0 Å². The third kappa shape index (κ3) is 0.932. The highest BCUT2D eigenvalue weighted by Crippen LogP contribution is 2.42. The van der Waals surface area contributed by atoms with Crippen molar-refractivity contribution in [1.82, 2.24) is 4.65 Å². The van der Waals surface area contributed by atoms with Crippen LogP contribution < -0.4 is 4.65 Å². The number of hydrogen-bond acceptors (Lipinski definition) is 3. The molecule has 2 heterocycles. The van der Waals surface area contributed by atoms with Crippen molar-refractivity contribution < 1.29 is 10.3 Å². The van der Waals surface area contributed by atoms with E-state index in [0.717, 1.165) is 16.9 Å². The molecule has 1 aromatic rings. The molecule has 0 radical (unpaired) electrons. The minimum Gasteiger partial charge on any atom is -0.384 e. The largest absolute Gasteiger partial charge is 0.384 e. The number of nitrogens with zero attached hydrogens (tertiary/aromatic N) is 2. The lowest BCUT2D eigenvalue weighted by Crippen LogP contribution is -2.47. The summed E-state index contributed by atoms with van der Waals surface area (Å²) < 4.78 is -0.410. The average Bonchev–Trinajstić information content (AvgIpc) is 2.71. The summed E-state index contributed by atoms with van der Waals surface area (Å²) >= 11 is 0. The van der Waals surface area contributed by atoms with Crippen LogP contribution in [0.1, 0.15) is 5.56 Å². The lowest BCUT2D eigenvalue weighted by Gasteiger charge is -2.21. The fourth-order valence-corrected chi connectivity index (χ4v) is 2.25. The smallest absolute Gasteiger partial charge is 0.272 e. The van der Waals surface area contributed by atoms with E-state index in [9.17, 15) is 5.21 Å². The molecule has 0 aliphatic carbocycles. The number of hydroxylamine groups is 2. The van der Waals surface area contributed by atoms with Crippen molar-refractivity contribution in [1.29, 1.82) is 0 Å². The van der Waals surface area contributed by atoms with Crippen LogP contribution in [0.15, 0.2) is 41.2 Å². The average molecular weight is 203 g/mol. The van der Waals surface area contributed by atoms with Gasteiger partial charge in [0.2, 0.25) is 0 Å². The Kier molecular flexibility index (Phi) is 1.62. The number of fused-ring (bicyclic) bond motifs is 3. The number of aliphatic hydroxyl groups is 1. The molecule has 0 saturated heterocycles. The highest BCUT2D eigenvalue weighted by Gasteiger charge is 2.50. The van der Waals surface area contributed by atoms with Crippen molar-refractivity contribution in [3.63, 3.8) is 0 Å². The summed E-state index contributed by atoms with van der Waals surface area (Å²) in [6, 6.07) is 7.68. The molecule has 4 nitrogen and oxygen atoms in total. The molecule has 1 aromatic carbocycles. The fraction of sp³-hybridized carbons (Fsp3) is 0.182. The Morgan fingerprint density at radius 1 is 1.33 bits per heavy atom. The van der Waals surface area contributed by atoms with E-state index in [1.54, 1.807) is 6.20 Å². The van der Waals surface area contributed by atoms with E-state index < -0.39 is 4.65 Å². The second-order valence-electron chi connectivity index (χ2n) is 3.76. The maximum absolute atomic E-state index is 10.5. The molecule has 3 rings (SSSR count). The number of aliphatic hydroxyl groups excluding tert-OH is 1. The van der Waals surface area contributed by atoms with Gasteiger partial charge in [-0.3, -0.25) is 0 Å². The van der Waals surface area contributed by atoms with Crippen molar-refractivity contribution in [3.05, 3.63) is 41.7 Å². The van der Waals surface area contributed by atoms with E-state index in [1.807, 2.05) is 24.3 Å². The molecule has 2 aliphatic heterocycles. The minimum atomic E-state index is -0.410. The standard InChI is InChI=1S/C11H11N2O2/c14-7-11-12-6-9-5-8-3-1-2-4-10(8)13(9,11)15/h1-4,6,14-15H,5,7H2/q+1. The number of para-hydroxylation sites is 1. The summed E-state index contributed by atoms with van der Waals surface area (Å²) in [5, 5.41) is 19.7. The molecule has 1 atom stereocenters. The van der Waals surface area contributed by atoms with E-state index >= 15 is 0 Å². The number of allylic oxidation sites excluding steroid dienone is 1. The maximum atomic E-state index is 10.5. The Morgan fingerprint density at radius 2 is 2.13 bits per heavy atom. The van der Waals surface area contributed by atoms with Gasteiger partial charge in [-0.25, -0.2) is 0 Å². The van der Waals surface area contributed by atoms with E-state index in [4.69, 9.17) is 5.11 Å². The fourth-order valence-electron chi connectivity index (χ4n) is 2.25. The third-order valence-corrected chi connectivity index (χ3v) is 3.01. The van der Waals surface area contributed by atoms with Crippen LogP contribution in [0.3, 0.4) is 0 Å². The van der Waals surface area contributed by atoms with E-state index in [2.05, 4.69) is 4.99 Å². The minimum absolute atomic E-state index is 0.231. The number of aliphatic imine (C=N–C) groups is 1. The Labute approximate surface area is 87.0 Å². The zero-order valence-corrected chi connectivity index (χ0v) is 8.09. The second kappa shape index (κ2) is 2.76. The zero-order chi connectivity index (χ0) is 10.5. The number of quaternary nitrogens is 1. The predicted octanol–water partition coefficient (Wildman–Crippen LogP) is 1.18. The van der Waals surface area contributed by atoms with E-state index in [0.29, 0.717) is 12.3 Å². The van der Waals surface area contributed by atoms with Crippen LogP contribution in [0.4, 0.5) is 5.69 Å². The monoisotopic (exact) mass is 203 g/mol. The first-order valence-corrected chi connectivity index (χ1v) is 4.85. The van der Waals surface area contributed by atoms with Gasteiger partial charge in [0.1, 0.15) is 6.61 Å². The summed E-state index contributed by atoms with van der Waals surface area (Å²) in [4.78, 5) is 4.04. The lowest BCUT2D eigenvalue weighted by molar-refractivity contribution is 0.0314. The van der Waals surface area contributed by atoms with Gasteiger partial charge in [0.15, 0.2) is 11.4 Å². The van der Waals surface area contributed by atoms with Crippen molar-refractivity contribution in [2.45, 2.75) is 6.42 Å². The molecule has 0 bridgehead atoms. The van der Waals surface area contributed by atoms with Crippen molar-refractivity contribution in [2.75, 3.05) is 6.61 Å². The molecule has 4 heteroatoms. The normalized spacial score (nSPS) is 27.1. The van der Waals surface area contributed by atoms with E-state index in [1.165, 1.54) is 0 Å². The first-order valence-electron chi connectivity index (χ1n) is 4.85. The summed E-state index contributed by atoms with van der Waals surface area (Å²) in [6.45, 7) is -0.231. The lowest BCUT2D eigenvalue weighted by atomic mass is 10.1. The topological polar surface area (TPSA) is 52.8 Å². The highest BCUT2D eigenvalue weighted by molar-refractivity contribution is 5.99. The summed E-state index contributed by atoms with van der Waals surface area (Å²) in [6.07, 6.45) is 2.34. The first kappa shape index (κ1) is 8.79. The van der Waals surface area contributed by atoms with Gasteiger partial charge in [0.25, 0.3) is 5.84 Å². The molecule has 2 N–H and O–H groups in total. The van der Waals surface area contributed by atoms with Crippen molar-refractivity contribution in [3.8, 4) is 0 Å². The SMILES string of the molecule is OCC1=NC=C2Cc3ccccc3[N+]21O. The van der Waals surface area contributed by atoms with Crippen LogP contribution in [-0.2, 0) is 6.42 Å². The molecular weight excluding hydrogens is 192 g/mol. The molecule has 0 saturated carbocycles. The summed E-state index contributed by atoms with van der Waals surface area (Å²) in [5.74, 6) is 0.370. The summed E-state index contributed by atoms with van der Waals surface area (Å²) in [5.41, 5.74) is 2.70. The first-order chi connectivity index (χ1) is 7.26. The predicted molar refractivity (Wildman–Crippen MR) is 56.3 cm³/mol. The Balaban J connectivity index is 2.22. The van der Waals surface area contributed by atoms with Crippen LogP contribution >= 0.6 is 0 Å². The van der Waals surface area contributed by atoms with Crippen molar-refractivity contribution >= 4 is 11.5 Å². The van der Waals surface area contributed by atoms with Gasteiger partial charge in [-0.2, -0.15) is 10.2 Å². The molecule has 2 aliphatic rings. The van der Waals surface area contributed by atoms with Gasteiger partial charge in [-0.15, -0.1) is 0 Å². The molecule has 1 unspecified atom stereocenters. The molecule has 0 amide bonds. The number of amidine groups is 1. The maximum Gasteiger partial charge on any atom is 0.272 e. The van der Waals surface area contributed by atoms with Crippen LogP contribution in [-0.4, -0.2) is 22.8 Å². The van der Waals surface area contributed by atoms with Crippen molar-refractivity contribution in [2.24, 2.45) is 4.99 Å². The van der Waals surface area contributed by atoms with Gasteiger partial charge in [0, 0.05) is 11.6 Å². The van der Waals surface area contributed by atoms with Gasteiger partial charge in [-0.1, -0.05) is 22.8 Å². The second-order valence-corrected chi connectivity index (χ2v) is 3.76. The summed E-state index contributed by atoms with van der Waals surface area (Å²) in [7, 11) is 0. The molecule has 0 aromatic heterocycles. The van der Waals surface area contributed by atoms with Crippen LogP contribution in [0.2, 0.25) is 0 Å². The Bertz CT molecular complexity index is 489. The van der Waals surface area contributed by atoms with Gasteiger partial charge >= 0.3 is 0 Å². The van der Waals surface area contributed by atoms with Gasteiger partial charge in [0.05, 0.1) is 12.6 Å². The number of benzene rings is 1. The highest BCUT2D eigenvalue weighted by atomic mass is 16.6. The molecular formula is C11H11N2O2+. The molecule has 0 spiro atoms. The number of hydrogen-bond donors (Lipinski definition) is 2. The molecule has 15 heavy (non-hydrogen) atoms. The van der Waals surface area contributed by atoms with Crippen LogP contribution in [0, 0.1) is 0 Å². The van der Waals surface area contributed by atoms with Crippen LogP contribution in [0.5, 0.6) is 0 Å². The van der Waals surface area contributed by atoms with Crippen LogP contribution in [0.25, 0.3) is 0 Å². The van der Waals surface area contributed by atoms with Gasteiger partial charge < -0.3 is 5.11 Å². The van der Waals surface area contributed by atoms with E-state index in [-0.39, 0.29) is 6.61 Å². The third-order valence-electron chi connectivity index (χ3n) is 3.01.